The Balaban J connectivity index is 1.48. The van der Waals surface area contributed by atoms with Crippen molar-refractivity contribution in [3.05, 3.63) is 78.5 Å². The second kappa shape index (κ2) is 9.02. The van der Waals surface area contributed by atoms with Crippen molar-refractivity contribution in [2.75, 3.05) is 17.2 Å². The first kappa shape index (κ1) is 18.0. The lowest BCUT2D eigenvalue weighted by Crippen LogP contribution is -2.15. The summed E-state index contributed by atoms with van der Waals surface area (Å²) < 4.78 is 5.50. The van der Waals surface area contributed by atoms with Crippen molar-refractivity contribution in [1.29, 1.82) is 5.26 Å². The number of pyridine rings is 1. The van der Waals surface area contributed by atoms with Gasteiger partial charge in [-0.3, -0.25) is 4.79 Å². The van der Waals surface area contributed by atoms with Gasteiger partial charge in [-0.2, -0.15) is 5.26 Å². The lowest BCUT2D eigenvalue weighted by atomic mass is 10.2. The molecule has 134 valence electrons. The highest BCUT2D eigenvalue weighted by atomic mass is 16.5. The van der Waals surface area contributed by atoms with Gasteiger partial charge in [0.2, 0.25) is 5.91 Å². The molecular formula is C21H18N4O2. The Morgan fingerprint density at radius 3 is 2.63 bits per heavy atom. The van der Waals surface area contributed by atoms with E-state index in [1.807, 2.05) is 42.5 Å². The van der Waals surface area contributed by atoms with E-state index in [9.17, 15) is 4.79 Å². The third kappa shape index (κ3) is 5.58. The zero-order valence-electron chi connectivity index (χ0n) is 14.6. The number of nitrogens with zero attached hydrogens (tertiary/aromatic N) is 2. The molecule has 0 unspecified atom stereocenters. The molecule has 0 bridgehead atoms. The number of carbonyl (C=O) groups excluding carboxylic acids is 1. The summed E-state index contributed by atoms with van der Waals surface area (Å²) in [6, 6.07) is 22.1. The fourth-order valence-corrected chi connectivity index (χ4v) is 2.36. The van der Waals surface area contributed by atoms with Gasteiger partial charge in [0, 0.05) is 5.69 Å². The molecule has 1 heterocycles. The van der Waals surface area contributed by atoms with Gasteiger partial charge < -0.3 is 15.4 Å². The fourth-order valence-electron chi connectivity index (χ4n) is 2.36. The molecule has 0 atom stereocenters. The van der Waals surface area contributed by atoms with Crippen molar-refractivity contribution in [3.8, 4) is 11.8 Å². The predicted molar refractivity (Wildman–Crippen MR) is 104 cm³/mol. The van der Waals surface area contributed by atoms with Crippen LogP contribution in [0, 0.1) is 11.3 Å². The van der Waals surface area contributed by atoms with Gasteiger partial charge in [0.05, 0.1) is 36.5 Å². The van der Waals surface area contributed by atoms with E-state index in [0.717, 1.165) is 17.1 Å². The number of nitrogens with one attached hydrogen (secondary N) is 2. The smallest absolute Gasteiger partial charge is 0.228 e. The lowest BCUT2D eigenvalue weighted by Gasteiger charge is -2.09. The van der Waals surface area contributed by atoms with E-state index in [-0.39, 0.29) is 12.3 Å². The quantitative estimate of drug-likeness (QED) is 0.664. The minimum absolute atomic E-state index is 0.166. The molecule has 0 radical (unpaired) electrons. The molecule has 0 saturated heterocycles. The van der Waals surface area contributed by atoms with Gasteiger partial charge in [0.15, 0.2) is 0 Å². The molecule has 2 aromatic carbocycles. The molecule has 6 nitrogen and oxygen atoms in total. The first-order chi connectivity index (χ1) is 13.2. The molecule has 27 heavy (non-hydrogen) atoms. The maximum atomic E-state index is 12.0. The monoisotopic (exact) mass is 358 g/mol. The number of hydrogen-bond donors (Lipinski definition) is 2. The molecule has 0 aliphatic carbocycles. The molecule has 1 amide bonds. The Bertz CT molecular complexity index is 934. The van der Waals surface area contributed by atoms with E-state index >= 15 is 0 Å². The standard InChI is InChI=1S/C21H18N4O2/c22-14-16-5-4-6-17(13-16)24-18-9-10-20(23-15-18)25-21(26)11-12-27-19-7-2-1-3-8-19/h1-10,13,15,24H,11-12H2,(H,23,25,26). The van der Waals surface area contributed by atoms with E-state index in [0.29, 0.717) is 18.0 Å². The van der Waals surface area contributed by atoms with Gasteiger partial charge in [-0.25, -0.2) is 4.98 Å². The number of carbonyl (C=O) groups is 1. The molecular weight excluding hydrogens is 340 g/mol. The Hall–Kier alpha value is -3.85. The van der Waals surface area contributed by atoms with Crippen molar-refractivity contribution >= 4 is 23.1 Å². The lowest BCUT2D eigenvalue weighted by molar-refractivity contribution is -0.116. The van der Waals surface area contributed by atoms with Crippen LogP contribution in [-0.2, 0) is 4.79 Å². The summed E-state index contributed by atoms with van der Waals surface area (Å²) in [5.74, 6) is 1.04. The van der Waals surface area contributed by atoms with E-state index < -0.39 is 0 Å². The van der Waals surface area contributed by atoms with Gasteiger partial charge in [0.25, 0.3) is 0 Å². The number of para-hydroxylation sites is 1. The zero-order chi connectivity index (χ0) is 18.9. The van der Waals surface area contributed by atoms with Crippen molar-refractivity contribution in [2.45, 2.75) is 6.42 Å². The third-order valence-corrected chi connectivity index (χ3v) is 3.65. The highest BCUT2D eigenvalue weighted by molar-refractivity contribution is 5.89. The summed E-state index contributed by atoms with van der Waals surface area (Å²) in [4.78, 5) is 16.2. The normalized spacial score (nSPS) is 9.89. The summed E-state index contributed by atoms with van der Waals surface area (Å²) in [5.41, 5.74) is 2.13. The van der Waals surface area contributed by atoms with Gasteiger partial charge in [-0.1, -0.05) is 24.3 Å². The largest absolute Gasteiger partial charge is 0.493 e. The number of benzene rings is 2. The van der Waals surface area contributed by atoms with Crippen LogP contribution in [0.4, 0.5) is 17.2 Å². The van der Waals surface area contributed by atoms with E-state index in [1.165, 1.54) is 0 Å². The Labute approximate surface area is 157 Å². The molecule has 0 saturated carbocycles. The molecule has 0 aliphatic heterocycles. The summed E-state index contributed by atoms with van der Waals surface area (Å²) in [5, 5.41) is 14.8. The van der Waals surface area contributed by atoms with E-state index in [2.05, 4.69) is 21.7 Å². The Morgan fingerprint density at radius 1 is 1.04 bits per heavy atom. The average Bonchev–Trinajstić information content (AvgIpc) is 2.70. The number of aromatic nitrogens is 1. The topological polar surface area (TPSA) is 87.0 Å². The van der Waals surface area contributed by atoms with Gasteiger partial charge in [-0.15, -0.1) is 0 Å². The van der Waals surface area contributed by atoms with Crippen molar-refractivity contribution in [1.82, 2.24) is 4.98 Å². The van der Waals surface area contributed by atoms with Crippen LogP contribution < -0.4 is 15.4 Å². The Kier molecular flexibility index (Phi) is 6.00. The fraction of sp³-hybridized carbons (Fsp3) is 0.0952. The minimum Gasteiger partial charge on any atom is -0.493 e. The van der Waals surface area contributed by atoms with Crippen molar-refractivity contribution in [3.63, 3.8) is 0 Å². The van der Waals surface area contributed by atoms with Crippen molar-refractivity contribution in [2.24, 2.45) is 0 Å². The molecule has 3 aromatic rings. The van der Waals surface area contributed by atoms with Crippen LogP contribution in [0.15, 0.2) is 72.9 Å². The van der Waals surface area contributed by atoms with Gasteiger partial charge in [-0.05, 0) is 42.5 Å². The number of anilines is 3. The SMILES string of the molecule is N#Cc1cccc(Nc2ccc(NC(=O)CCOc3ccccc3)nc2)c1. The van der Waals surface area contributed by atoms with Crippen LogP contribution in [0.5, 0.6) is 5.75 Å². The molecule has 0 aliphatic rings. The van der Waals surface area contributed by atoms with Crippen LogP contribution in [0.2, 0.25) is 0 Å². The molecule has 1 aromatic heterocycles. The number of nitriles is 1. The van der Waals surface area contributed by atoms with E-state index in [4.69, 9.17) is 10.00 Å². The third-order valence-electron chi connectivity index (χ3n) is 3.65. The molecule has 3 rings (SSSR count). The first-order valence-electron chi connectivity index (χ1n) is 8.44. The van der Waals surface area contributed by atoms with Crippen LogP contribution in [0.3, 0.4) is 0 Å². The Morgan fingerprint density at radius 2 is 1.89 bits per heavy atom. The van der Waals surface area contributed by atoms with Crippen LogP contribution in [0.25, 0.3) is 0 Å². The summed E-state index contributed by atoms with van der Waals surface area (Å²) in [6.07, 6.45) is 1.85. The second-order valence-corrected chi connectivity index (χ2v) is 5.71. The summed E-state index contributed by atoms with van der Waals surface area (Å²) in [7, 11) is 0. The van der Waals surface area contributed by atoms with Crippen LogP contribution >= 0.6 is 0 Å². The van der Waals surface area contributed by atoms with E-state index in [1.54, 1.807) is 30.5 Å². The number of rotatable bonds is 7. The highest BCUT2D eigenvalue weighted by Crippen LogP contribution is 2.18. The molecule has 2 N–H and O–H groups in total. The van der Waals surface area contributed by atoms with Crippen molar-refractivity contribution < 1.29 is 9.53 Å². The summed E-state index contributed by atoms with van der Waals surface area (Å²) >= 11 is 0. The second-order valence-electron chi connectivity index (χ2n) is 5.71. The first-order valence-corrected chi connectivity index (χ1v) is 8.44. The number of amides is 1. The van der Waals surface area contributed by atoms with Crippen LogP contribution in [-0.4, -0.2) is 17.5 Å². The minimum atomic E-state index is -0.166. The highest BCUT2D eigenvalue weighted by Gasteiger charge is 2.05. The molecule has 0 spiro atoms. The predicted octanol–water partition coefficient (Wildman–Crippen LogP) is 4.10. The zero-order valence-corrected chi connectivity index (χ0v) is 14.6. The molecule has 0 fully saturated rings. The molecule has 6 heteroatoms. The maximum Gasteiger partial charge on any atom is 0.228 e. The number of hydrogen-bond acceptors (Lipinski definition) is 5. The maximum absolute atomic E-state index is 12.0. The number of ether oxygens (including phenoxy) is 1. The average molecular weight is 358 g/mol. The summed E-state index contributed by atoms with van der Waals surface area (Å²) in [6.45, 7) is 0.296. The van der Waals surface area contributed by atoms with Crippen LogP contribution in [0.1, 0.15) is 12.0 Å². The van der Waals surface area contributed by atoms with Gasteiger partial charge in [0.1, 0.15) is 11.6 Å². The van der Waals surface area contributed by atoms with Gasteiger partial charge >= 0.3 is 0 Å².